The van der Waals surface area contributed by atoms with Crippen molar-refractivity contribution in [3.63, 3.8) is 0 Å². The SMILES string of the molecule is CC(Oc1ccc(Cl)cc1Cl)C(=O)Nc1ccc(Cl)c(S(=O)(=O)N2CCOCC2)c1. The molecule has 2 aromatic carbocycles. The average Bonchev–Trinajstić information content (AvgIpc) is 2.72. The summed E-state index contributed by atoms with van der Waals surface area (Å²) >= 11 is 18.1. The summed E-state index contributed by atoms with van der Waals surface area (Å²) in [5.41, 5.74) is 0.272. The molecule has 1 heterocycles. The number of nitrogens with one attached hydrogen (secondary N) is 1. The van der Waals surface area contributed by atoms with E-state index >= 15 is 0 Å². The standard InChI is InChI=1S/C19H19Cl3N2O5S/c1-12(29-17-5-2-13(20)10-16(17)22)19(25)23-14-3-4-15(21)18(11-14)30(26,27)24-6-8-28-9-7-24/h2-5,10-12H,6-9H2,1H3,(H,23,25). The molecule has 1 aliphatic rings. The van der Waals surface area contributed by atoms with E-state index in [2.05, 4.69) is 5.32 Å². The summed E-state index contributed by atoms with van der Waals surface area (Å²) in [7, 11) is -3.82. The molecular weight excluding hydrogens is 475 g/mol. The summed E-state index contributed by atoms with van der Waals surface area (Å²) in [6.07, 6.45) is -0.904. The van der Waals surface area contributed by atoms with Crippen molar-refractivity contribution >= 4 is 56.4 Å². The predicted octanol–water partition coefficient (Wildman–Crippen LogP) is 4.07. The average molecular weight is 494 g/mol. The minimum Gasteiger partial charge on any atom is -0.479 e. The van der Waals surface area contributed by atoms with Gasteiger partial charge in [-0.05, 0) is 43.3 Å². The van der Waals surface area contributed by atoms with Gasteiger partial charge in [0.1, 0.15) is 10.6 Å². The topological polar surface area (TPSA) is 84.9 Å². The molecular formula is C19H19Cl3N2O5S. The lowest BCUT2D eigenvalue weighted by atomic mass is 10.3. The molecule has 1 N–H and O–H groups in total. The van der Waals surface area contributed by atoms with E-state index in [1.165, 1.54) is 28.6 Å². The molecule has 1 amide bonds. The highest BCUT2D eigenvalue weighted by Gasteiger charge is 2.29. The van der Waals surface area contributed by atoms with Crippen molar-refractivity contribution in [1.82, 2.24) is 4.31 Å². The van der Waals surface area contributed by atoms with Gasteiger partial charge < -0.3 is 14.8 Å². The third-order valence-corrected chi connectivity index (χ3v) is 7.26. The minimum absolute atomic E-state index is 0.0664. The third-order valence-electron chi connectivity index (χ3n) is 4.35. The Morgan fingerprint density at radius 2 is 1.80 bits per heavy atom. The summed E-state index contributed by atoms with van der Waals surface area (Å²) in [5, 5.41) is 3.42. The lowest BCUT2D eigenvalue weighted by molar-refractivity contribution is -0.122. The first-order valence-corrected chi connectivity index (χ1v) is 11.6. The molecule has 11 heteroatoms. The number of halogens is 3. The van der Waals surface area contributed by atoms with Crippen LogP contribution in [0.5, 0.6) is 5.75 Å². The van der Waals surface area contributed by atoms with E-state index in [0.29, 0.717) is 24.0 Å². The summed E-state index contributed by atoms with van der Waals surface area (Å²) in [5.74, 6) is -0.187. The summed E-state index contributed by atoms with van der Waals surface area (Å²) in [6.45, 7) is 2.65. The fourth-order valence-electron chi connectivity index (χ4n) is 2.76. The molecule has 0 bridgehead atoms. The van der Waals surface area contributed by atoms with Crippen molar-refractivity contribution in [2.24, 2.45) is 0 Å². The number of nitrogens with zero attached hydrogens (tertiary/aromatic N) is 1. The molecule has 2 aromatic rings. The summed E-state index contributed by atoms with van der Waals surface area (Å²) in [6, 6.07) is 8.92. The van der Waals surface area contributed by atoms with Gasteiger partial charge in [-0.25, -0.2) is 8.42 Å². The number of hydrogen-bond acceptors (Lipinski definition) is 5. The molecule has 1 fully saturated rings. The molecule has 3 rings (SSSR count). The Labute approximate surface area is 189 Å². The number of ether oxygens (including phenoxy) is 2. The number of rotatable bonds is 6. The van der Waals surface area contributed by atoms with E-state index < -0.39 is 22.0 Å². The van der Waals surface area contributed by atoms with Crippen molar-refractivity contribution in [3.05, 3.63) is 51.5 Å². The summed E-state index contributed by atoms with van der Waals surface area (Å²) in [4.78, 5) is 12.4. The Balaban J connectivity index is 1.75. The van der Waals surface area contributed by atoms with Crippen LogP contribution in [-0.2, 0) is 19.6 Å². The van der Waals surface area contributed by atoms with Crippen LogP contribution < -0.4 is 10.1 Å². The van der Waals surface area contributed by atoms with Crippen LogP contribution in [0.25, 0.3) is 0 Å². The second kappa shape index (κ2) is 9.72. The van der Waals surface area contributed by atoms with Crippen LogP contribution in [0.1, 0.15) is 6.92 Å². The van der Waals surface area contributed by atoms with Crippen molar-refractivity contribution in [2.75, 3.05) is 31.6 Å². The van der Waals surface area contributed by atoms with Gasteiger partial charge >= 0.3 is 0 Å². The van der Waals surface area contributed by atoms with Gasteiger partial charge in [0.2, 0.25) is 10.0 Å². The van der Waals surface area contributed by atoms with Gasteiger partial charge in [0.25, 0.3) is 5.91 Å². The van der Waals surface area contributed by atoms with E-state index in [-0.39, 0.29) is 33.7 Å². The van der Waals surface area contributed by atoms with Crippen LogP contribution in [0.2, 0.25) is 15.1 Å². The minimum atomic E-state index is -3.82. The van der Waals surface area contributed by atoms with Gasteiger partial charge in [-0.15, -0.1) is 0 Å². The molecule has 1 saturated heterocycles. The number of sulfonamides is 1. The predicted molar refractivity (Wildman–Crippen MR) is 116 cm³/mol. The van der Waals surface area contributed by atoms with Crippen molar-refractivity contribution < 1.29 is 22.7 Å². The zero-order valence-corrected chi connectivity index (χ0v) is 19.0. The van der Waals surface area contributed by atoms with E-state index in [1.807, 2.05) is 0 Å². The maximum absolute atomic E-state index is 12.9. The van der Waals surface area contributed by atoms with E-state index in [4.69, 9.17) is 44.3 Å². The molecule has 1 atom stereocenters. The highest BCUT2D eigenvalue weighted by molar-refractivity contribution is 7.89. The highest BCUT2D eigenvalue weighted by Crippen LogP contribution is 2.30. The molecule has 0 aromatic heterocycles. The van der Waals surface area contributed by atoms with Crippen molar-refractivity contribution in [2.45, 2.75) is 17.9 Å². The van der Waals surface area contributed by atoms with Crippen molar-refractivity contribution in [1.29, 1.82) is 0 Å². The van der Waals surface area contributed by atoms with Crippen LogP contribution in [0, 0.1) is 0 Å². The first-order chi connectivity index (χ1) is 14.2. The molecule has 1 unspecified atom stereocenters. The normalized spacial score (nSPS) is 16.1. The number of benzene rings is 2. The van der Waals surface area contributed by atoms with Gasteiger partial charge in [-0.2, -0.15) is 4.31 Å². The molecule has 7 nitrogen and oxygen atoms in total. The lowest BCUT2D eigenvalue weighted by Gasteiger charge is -2.26. The summed E-state index contributed by atoms with van der Waals surface area (Å²) < 4.78 is 37.9. The van der Waals surface area contributed by atoms with E-state index in [1.54, 1.807) is 19.1 Å². The maximum Gasteiger partial charge on any atom is 0.265 e. The molecule has 30 heavy (non-hydrogen) atoms. The Morgan fingerprint density at radius 3 is 2.47 bits per heavy atom. The van der Waals surface area contributed by atoms with Gasteiger partial charge in [0, 0.05) is 23.8 Å². The monoisotopic (exact) mass is 492 g/mol. The van der Waals surface area contributed by atoms with Crippen LogP contribution in [0.3, 0.4) is 0 Å². The molecule has 0 radical (unpaired) electrons. The number of carbonyl (C=O) groups excluding carboxylic acids is 1. The van der Waals surface area contributed by atoms with Crippen molar-refractivity contribution in [3.8, 4) is 5.75 Å². The first-order valence-electron chi connectivity index (χ1n) is 8.98. The zero-order chi connectivity index (χ0) is 21.9. The molecule has 0 saturated carbocycles. The fraction of sp³-hybridized carbons (Fsp3) is 0.316. The number of amides is 1. The highest BCUT2D eigenvalue weighted by atomic mass is 35.5. The Hall–Kier alpha value is -1.55. The lowest BCUT2D eigenvalue weighted by Crippen LogP contribution is -2.40. The number of hydrogen-bond donors (Lipinski definition) is 1. The smallest absolute Gasteiger partial charge is 0.265 e. The molecule has 162 valence electrons. The quantitative estimate of drug-likeness (QED) is 0.656. The Kier molecular flexibility index (Phi) is 7.49. The first kappa shape index (κ1) is 23.1. The molecule has 1 aliphatic heterocycles. The molecule has 0 spiro atoms. The fourth-order valence-corrected chi connectivity index (χ4v) is 5.12. The number of carbonyl (C=O) groups is 1. The largest absolute Gasteiger partial charge is 0.479 e. The van der Waals surface area contributed by atoms with Gasteiger partial charge in [0.05, 0.1) is 23.3 Å². The van der Waals surface area contributed by atoms with Crippen LogP contribution >= 0.6 is 34.8 Å². The van der Waals surface area contributed by atoms with Crippen LogP contribution in [0.4, 0.5) is 5.69 Å². The van der Waals surface area contributed by atoms with E-state index in [0.717, 1.165) is 0 Å². The second-order valence-corrected chi connectivity index (χ2v) is 9.64. The van der Waals surface area contributed by atoms with Gasteiger partial charge in [-0.3, -0.25) is 4.79 Å². The van der Waals surface area contributed by atoms with Gasteiger partial charge in [0.15, 0.2) is 6.10 Å². The Bertz CT molecular complexity index is 1040. The Morgan fingerprint density at radius 1 is 1.10 bits per heavy atom. The number of anilines is 1. The zero-order valence-electron chi connectivity index (χ0n) is 15.9. The van der Waals surface area contributed by atoms with Gasteiger partial charge in [-0.1, -0.05) is 34.8 Å². The van der Waals surface area contributed by atoms with E-state index in [9.17, 15) is 13.2 Å². The second-order valence-electron chi connectivity index (χ2n) is 6.49. The van der Waals surface area contributed by atoms with Crippen LogP contribution in [0.15, 0.2) is 41.3 Å². The third kappa shape index (κ3) is 5.38. The maximum atomic E-state index is 12.9. The molecule has 0 aliphatic carbocycles. The van der Waals surface area contributed by atoms with Crippen LogP contribution in [-0.4, -0.2) is 51.0 Å². The number of morpholine rings is 1.